The molecule has 2 rings (SSSR count). The molecule has 0 saturated heterocycles. The van der Waals surface area contributed by atoms with E-state index in [0.717, 1.165) is 0 Å². The van der Waals surface area contributed by atoms with Crippen LogP contribution >= 0.6 is 0 Å². The highest BCUT2D eigenvalue weighted by Crippen LogP contribution is 2.10. The molecule has 0 aliphatic carbocycles. The van der Waals surface area contributed by atoms with Crippen LogP contribution < -0.4 is 0 Å². The molecule has 5 nitrogen and oxygen atoms in total. The van der Waals surface area contributed by atoms with Crippen molar-refractivity contribution in [3.8, 4) is 5.75 Å². The summed E-state index contributed by atoms with van der Waals surface area (Å²) in [6.45, 7) is 0. The number of aromatic hydroxyl groups is 1. The van der Waals surface area contributed by atoms with Gasteiger partial charge in [-0.05, 0) is 12.1 Å². The van der Waals surface area contributed by atoms with Crippen LogP contribution in [0, 0.1) is 0 Å². The molecule has 0 unspecified atom stereocenters. The zero-order valence-corrected chi connectivity index (χ0v) is 6.01. The summed E-state index contributed by atoms with van der Waals surface area (Å²) < 4.78 is 1.42. The predicted molar refractivity (Wildman–Crippen MR) is 40.0 cm³/mol. The second kappa shape index (κ2) is 2.30. The lowest BCUT2D eigenvalue weighted by Crippen LogP contribution is -1.90. The highest BCUT2D eigenvalue weighted by atomic mass is 16.3. The minimum Gasteiger partial charge on any atom is -0.506 e. The number of carbonyl (C=O) groups is 1. The average molecular weight is 163 g/mol. The summed E-state index contributed by atoms with van der Waals surface area (Å²) in [5.74, 6) is 0.256. The van der Waals surface area contributed by atoms with Crippen LogP contribution in [0.5, 0.6) is 5.75 Å². The van der Waals surface area contributed by atoms with Crippen LogP contribution in [0.1, 0.15) is 10.6 Å². The molecule has 60 valence electrons. The van der Waals surface area contributed by atoms with Crippen LogP contribution in [-0.4, -0.2) is 26.0 Å². The number of rotatable bonds is 1. The first-order valence-corrected chi connectivity index (χ1v) is 3.30. The van der Waals surface area contributed by atoms with Gasteiger partial charge in [0, 0.05) is 0 Å². The largest absolute Gasteiger partial charge is 0.506 e. The first-order chi connectivity index (χ1) is 5.81. The molecular formula is C7H5N3O2. The van der Waals surface area contributed by atoms with Crippen LogP contribution in [0.25, 0.3) is 5.65 Å². The number of pyridine rings is 1. The fraction of sp³-hybridized carbons (Fsp3) is 0. The van der Waals surface area contributed by atoms with Gasteiger partial charge < -0.3 is 5.11 Å². The van der Waals surface area contributed by atoms with Crippen molar-refractivity contribution >= 4 is 11.9 Å². The van der Waals surface area contributed by atoms with E-state index in [4.69, 9.17) is 5.11 Å². The molecule has 0 fully saturated rings. The molecule has 2 aromatic rings. The maximum absolute atomic E-state index is 10.4. The first-order valence-electron chi connectivity index (χ1n) is 3.30. The Morgan fingerprint density at radius 3 is 3.00 bits per heavy atom. The molecule has 0 radical (unpaired) electrons. The van der Waals surface area contributed by atoms with Crippen molar-refractivity contribution in [3.63, 3.8) is 0 Å². The van der Waals surface area contributed by atoms with E-state index < -0.39 is 0 Å². The van der Waals surface area contributed by atoms with Crippen LogP contribution in [0.4, 0.5) is 0 Å². The SMILES string of the molecule is O=Cc1nnc2ccc(O)cn12. The number of fused-ring (bicyclic) bond motifs is 1. The lowest BCUT2D eigenvalue weighted by Gasteiger charge is -1.93. The Balaban J connectivity index is 2.83. The molecular weight excluding hydrogens is 158 g/mol. The van der Waals surface area contributed by atoms with Crippen molar-refractivity contribution in [2.75, 3.05) is 0 Å². The van der Waals surface area contributed by atoms with Crippen molar-refractivity contribution in [2.45, 2.75) is 0 Å². The van der Waals surface area contributed by atoms with E-state index in [1.54, 1.807) is 6.07 Å². The average Bonchev–Trinajstić information content (AvgIpc) is 2.46. The zero-order chi connectivity index (χ0) is 8.55. The van der Waals surface area contributed by atoms with Gasteiger partial charge in [0.2, 0.25) is 5.82 Å². The molecule has 5 heteroatoms. The molecule has 2 aromatic heterocycles. The topological polar surface area (TPSA) is 67.5 Å². The Morgan fingerprint density at radius 1 is 1.42 bits per heavy atom. The molecule has 0 amide bonds. The van der Waals surface area contributed by atoms with Crippen molar-refractivity contribution < 1.29 is 9.90 Å². The normalized spacial score (nSPS) is 10.3. The third-order valence-corrected chi connectivity index (χ3v) is 1.52. The van der Waals surface area contributed by atoms with Gasteiger partial charge in [-0.1, -0.05) is 0 Å². The summed E-state index contributed by atoms with van der Waals surface area (Å²) in [5, 5.41) is 16.4. The van der Waals surface area contributed by atoms with E-state index in [-0.39, 0.29) is 11.6 Å². The second-order valence-electron chi connectivity index (χ2n) is 2.29. The third kappa shape index (κ3) is 0.833. The molecule has 0 aliphatic rings. The van der Waals surface area contributed by atoms with Gasteiger partial charge in [0.15, 0.2) is 11.9 Å². The molecule has 0 atom stereocenters. The van der Waals surface area contributed by atoms with Gasteiger partial charge in [-0.15, -0.1) is 10.2 Å². The van der Waals surface area contributed by atoms with E-state index in [0.29, 0.717) is 11.9 Å². The summed E-state index contributed by atoms with van der Waals surface area (Å²) in [6.07, 6.45) is 1.97. The number of carbonyl (C=O) groups excluding carboxylic acids is 1. The summed E-state index contributed by atoms with van der Waals surface area (Å²) in [4.78, 5) is 10.4. The highest BCUT2D eigenvalue weighted by Gasteiger charge is 2.02. The summed E-state index contributed by atoms with van der Waals surface area (Å²) in [7, 11) is 0. The van der Waals surface area contributed by atoms with Crippen LogP contribution in [-0.2, 0) is 0 Å². The van der Waals surface area contributed by atoms with E-state index in [1.807, 2.05) is 0 Å². The predicted octanol–water partition coefficient (Wildman–Crippen LogP) is 0.247. The minimum atomic E-state index is 0.0744. The summed E-state index contributed by atoms with van der Waals surface area (Å²) >= 11 is 0. The minimum absolute atomic E-state index is 0.0744. The lowest BCUT2D eigenvalue weighted by atomic mass is 10.4. The number of hydrogen-bond donors (Lipinski definition) is 1. The Labute approximate surface area is 67.3 Å². The zero-order valence-electron chi connectivity index (χ0n) is 6.01. The van der Waals surface area contributed by atoms with Gasteiger partial charge in [-0.2, -0.15) is 0 Å². The van der Waals surface area contributed by atoms with E-state index in [2.05, 4.69) is 10.2 Å². The molecule has 0 aliphatic heterocycles. The molecule has 0 saturated carbocycles. The Morgan fingerprint density at radius 2 is 2.25 bits per heavy atom. The van der Waals surface area contributed by atoms with Crippen LogP contribution in [0.2, 0.25) is 0 Å². The molecule has 2 heterocycles. The van der Waals surface area contributed by atoms with Gasteiger partial charge in [-0.25, -0.2) is 0 Å². The monoisotopic (exact) mass is 163 g/mol. The maximum atomic E-state index is 10.4. The standard InChI is InChI=1S/C7H5N3O2/c11-4-7-9-8-6-2-1-5(12)3-10(6)7/h1-4,12H. The van der Waals surface area contributed by atoms with Gasteiger partial charge in [0.05, 0.1) is 6.20 Å². The van der Waals surface area contributed by atoms with Crippen molar-refractivity contribution in [2.24, 2.45) is 0 Å². The number of aromatic nitrogens is 3. The lowest BCUT2D eigenvalue weighted by molar-refractivity contribution is 0.111. The van der Waals surface area contributed by atoms with E-state index in [1.165, 1.54) is 16.7 Å². The number of hydrogen-bond acceptors (Lipinski definition) is 4. The van der Waals surface area contributed by atoms with E-state index in [9.17, 15) is 4.79 Å². The third-order valence-electron chi connectivity index (χ3n) is 1.52. The maximum Gasteiger partial charge on any atom is 0.201 e. The summed E-state index contributed by atoms with van der Waals surface area (Å²) in [6, 6.07) is 3.06. The Bertz CT molecular complexity index is 435. The fourth-order valence-electron chi connectivity index (χ4n) is 0.978. The first kappa shape index (κ1) is 6.78. The Hall–Kier alpha value is -1.91. The number of nitrogens with zero attached hydrogens (tertiary/aromatic N) is 3. The van der Waals surface area contributed by atoms with Gasteiger partial charge >= 0.3 is 0 Å². The van der Waals surface area contributed by atoms with Crippen LogP contribution in [0.15, 0.2) is 18.3 Å². The van der Waals surface area contributed by atoms with Crippen LogP contribution in [0.3, 0.4) is 0 Å². The highest BCUT2D eigenvalue weighted by molar-refractivity contribution is 5.70. The molecule has 1 N–H and O–H groups in total. The Kier molecular flexibility index (Phi) is 1.30. The molecule has 0 aromatic carbocycles. The van der Waals surface area contributed by atoms with E-state index >= 15 is 0 Å². The van der Waals surface area contributed by atoms with Gasteiger partial charge in [0.1, 0.15) is 5.75 Å². The van der Waals surface area contributed by atoms with Crippen molar-refractivity contribution in [3.05, 3.63) is 24.2 Å². The van der Waals surface area contributed by atoms with Crippen molar-refractivity contribution in [1.29, 1.82) is 0 Å². The summed E-state index contributed by atoms with van der Waals surface area (Å²) in [5.41, 5.74) is 0.537. The fourth-order valence-corrected chi connectivity index (χ4v) is 0.978. The molecule has 0 spiro atoms. The second-order valence-corrected chi connectivity index (χ2v) is 2.29. The van der Waals surface area contributed by atoms with Crippen molar-refractivity contribution in [1.82, 2.24) is 14.6 Å². The molecule has 12 heavy (non-hydrogen) atoms. The van der Waals surface area contributed by atoms with Gasteiger partial charge in [0.25, 0.3) is 0 Å². The molecule has 0 bridgehead atoms. The quantitative estimate of drug-likeness (QED) is 0.612. The number of aldehydes is 1. The smallest absolute Gasteiger partial charge is 0.201 e. The van der Waals surface area contributed by atoms with Gasteiger partial charge in [-0.3, -0.25) is 9.20 Å².